The second-order valence-corrected chi connectivity index (χ2v) is 10.4. The zero-order chi connectivity index (χ0) is 29.8. The van der Waals surface area contributed by atoms with Crippen LogP contribution in [0.15, 0.2) is 90.0 Å². The van der Waals surface area contributed by atoms with Crippen LogP contribution in [0.3, 0.4) is 0 Å². The number of hydrogen-bond acceptors (Lipinski definition) is 5. The topological polar surface area (TPSA) is 55.8 Å². The second-order valence-electron chi connectivity index (χ2n) is 10.4. The van der Waals surface area contributed by atoms with E-state index in [1.165, 1.54) is 22.3 Å². The van der Waals surface area contributed by atoms with Crippen molar-refractivity contribution in [3.63, 3.8) is 0 Å². The van der Waals surface area contributed by atoms with E-state index in [2.05, 4.69) is 85.5 Å². The van der Waals surface area contributed by atoms with Gasteiger partial charge in [-0.05, 0) is 126 Å². The Bertz CT molecular complexity index is 1290. The fraction of sp³-hybridized carbons (Fsp3) is 0.333. The Kier molecular flexibility index (Phi) is 12.0. The van der Waals surface area contributed by atoms with E-state index in [1.54, 1.807) is 26.0 Å². The molecule has 3 aromatic carbocycles. The number of ether oxygens (including phenoxy) is 2. The first-order valence-corrected chi connectivity index (χ1v) is 14.4. The smallest absolute Gasteiger partial charge is 0.333 e. The van der Waals surface area contributed by atoms with E-state index in [4.69, 9.17) is 9.47 Å². The standard InChI is InChI=1S/C36H43NO4/c1-7-26(3)35(38)40-23-9-11-30-14-19-32(20-15-30)37(34-18-13-28(5)29(6)25-34)33-21-16-31(17-22-33)12-10-24-41-36(39)27(4)8-2/h7-8,13-22,25H,9-12,23-24H2,1-6H3/b26-7+,27-8+. The van der Waals surface area contributed by atoms with Gasteiger partial charge in [0.15, 0.2) is 0 Å². The van der Waals surface area contributed by atoms with Crippen molar-refractivity contribution in [3.8, 4) is 0 Å². The maximum absolute atomic E-state index is 11.8. The molecule has 0 radical (unpaired) electrons. The highest BCUT2D eigenvalue weighted by molar-refractivity contribution is 5.88. The Morgan fingerprint density at radius 2 is 1.05 bits per heavy atom. The summed E-state index contributed by atoms with van der Waals surface area (Å²) < 4.78 is 10.7. The van der Waals surface area contributed by atoms with Gasteiger partial charge in [-0.15, -0.1) is 0 Å². The van der Waals surface area contributed by atoms with Crippen molar-refractivity contribution in [3.05, 3.63) is 112 Å². The van der Waals surface area contributed by atoms with E-state index < -0.39 is 0 Å². The fourth-order valence-electron chi connectivity index (χ4n) is 4.28. The molecule has 0 aliphatic carbocycles. The van der Waals surface area contributed by atoms with Crippen molar-refractivity contribution >= 4 is 29.0 Å². The summed E-state index contributed by atoms with van der Waals surface area (Å²) in [7, 11) is 0. The van der Waals surface area contributed by atoms with Crippen LogP contribution >= 0.6 is 0 Å². The first-order valence-electron chi connectivity index (χ1n) is 14.4. The lowest BCUT2D eigenvalue weighted by molar-refractivity contribution is -0.139. The van der Waals surface area contributed by atoms with Crippen molar-refractivity contribution in [1.29, 1.82) is 0 Å². The van der Waals surface area contributed by atoms with Crippen LogP contribution in [0.1, 0.15) is 62.8 Å². The molecular formula is C36H43NO4. The molecule has 0 aliphatic heterocycles. The highest BCUT2D eigenvalue weighted by Gasteiger charge is 2.14. The van der Waals surface area contributed by atoms with Crippen LogP contribution in [0.2, 0.25) is 0 Å². The zero-order valence-corrected chi connectivity index (χ0v) is 25.3. The first kappa shape index (κ1) is 31.4. The summed E-state index contributed by atoms with van der Waals surface area (Å²) in [5.41, 5.74) is 9.43. The second kappa shape index (κ2) is 15.6. The summed E-state index contributed by atoms with van der Waals surface area (Å²) >= 11 is 0. The molecule has 5 nitrogen and oxygen atoms in total. The molecule has 5 heteroatoms. The van der Waals surface area contributed by atoms with Gasteiger partial charge in [-0.25, -0.2) is 9.59 Å². The molecule has 0 spiro atoms. The van der Waals surface area contributed by atoms with Gasteiger partial charge in [0.1, 0.15) is 0 Å². The molecule has 0 unspecified atom stereocenters. The molecule has 0 N–H and O–H groups in total. The number of carbonyl (C=O) groups excluding carboxylic acids is 2. The lowest BCUT2D eigenvalue weighted by Crippen LogP contribution is -2.11. The molecule has 0 fully saturated rings. The van der Waals surface area contributed by atoms with Crippen LogP contribution in [0.25, 0.3) is 0 Å². The molecular weight excluding hydrogens is 510 g/mol. The Hall–Kier alpha value is -4.12. The van der Waals surface area contributed by atoms with Crippen LogP contribution in [0, 0.1) is 13.8 Å². The highest BCUT2D eigenvalue weighted by atomic mass is 16.5. The zero-order valence-electron chi connectivity index (χ0n) is 25.3. The summed E-state index contributed by atoms with van der Waals surface area (Å²) in [5, 5.41) is 0. The molecule has 216 valence electrons. The van der Waals surface area contributed by atoms with Gasteiger partial charge < -0.3 is 14.4 Å². The molecule has 0 heterocycles. The Labute approximate surface area is 245 Å². The first-order chi connectivity index (χ1) is 19.7. The molecule has 0 atom stereocenters. The van der Waals surface area contributed by atoms with Gasteiger partial charge in [0, 0.05) is 28.2 Å². The predicted molar refractivity (Wildman–Crippen MR) is 168 cm³/mol. The third-order valence-corrected chi connectivity index (χ3v) is 7.33. The third kappa shape index (κ3) is 9.21. The van der Waals surface area contributed by atoms with Gasteiger partial charge in [0.2, 0.25) is 0 Å². The fourth-order valence-corrected chi connectivity index (χ4v) is 4.28. The Balaban J connectivity index is 1.70. The molecule has 0 bridgehead atoms. The molecule has 0 saturated carbocycles. The monoisotopic (exact) mass is 553 g/mol. The van der Waals surface area contributed by atoms with E-state index in [0.29, 0.717) is 24.4 Å². The Morgan fingerprint density at radius 3 is 1.44 bits per heavy atom. The normalized spacial score (nSPS) is 11.8. The minimum Gasteiger partial charge on any atom is -0.462 e. The van der Waals surface area contributed by atoms with Gasteiger partial charge in [-0.1, -0.05) is 42.5 Å². The number of benzene rings is 3. The summed E-state index contributed by atoms with van der Waals surface area (Å²) in [5.74, 6) is -0.498. The summed E-state index contributed by atoms with van der Waals surface area (Å²) in [6, 6.07) is 23.7. The maximum atomic E-state index is 11.8. The van der Waals surface area contributed by atoms with Crippen LogP contribution in [0.4, 0.5) is 17.1 Å². The number of aryl methyl sites for hydroxylation is 4. The van der Waals surface area contributed by atoms with E-state index in [0.717, 1.165) is 42.7 Å². The average molecular weight is 554 g/mol. The average Bonchev–Trinajstić information content (AvgIpc) is 2.99. The van der Waals surface area contributed by atoms with Gasteiger partial charge in [-0.2, -0.15) is 0 Å². The number of esters is 2. The molecule has 0 amide bonds. The molecule has 0 saturated heterocycles. The van der Waals surface area contributed by atoms with Crippen molar-refractivity contribution < 1.29 is 19.1 Å². The maximum Gasteiger partial charge on any atom is 0.333 e. The third-order valence-electron chi connectivity index (χ3n) is 7.33. The molecule has 0 aliphatic rings. The van der Waals surface area contributed by atoms with Gasteiger partial charge in [0.25, 0.3) is 0 Å². The number of anilines is 3. The quantitative estimate of drug-likeness (QED) is 0.120. The minimum atomic E-state index is -0.249. The number of hydrogen-bond donors (Lipinski definition) is 0. The van der Waals surface area contributed by atoms with Crippen molar-refractivity contribution in [1.82, 2.24) is 0 Å². The predicted octanol–water partition coefficient (Wildman–Crippen LogP) is 8.66. The number of nitrogens with zero attached hydrogens (tertiary/aromatic N) is 1. The molecule has 3 aromatic rings. The number of rotatable bonds is 13. The van der Waals surface area contributed by atoms with Gasteiger partial charge >= 0.3 is 11.9 Å². The largest absolute Gasteiger partial charge is 0.462 e. The van der Waals surface area contributed by atoms with E-state index >= 15 is 0 Å². The summed E-state index contributed by atoms with van der Waals surface area (Å²) in [4.78, 5) is 26.0. The molecule has 3 rings (SSSR count). The molecule has 0 aromatic heterocycles. The van der Waals surface area contributed by atoms with E-state index in [9.17, 15) is 9.59 Å². The Morgan fingerprint density at radius 1 is 0.634 bits per heavy atom. The lowest BCUT2D eigenvalue weighted by atomic mass is 10.1. The van der Waals surface area contributed by atoms with Crippen LogP contribution < -0.4 is 4.90 Å². The highest BCUT2D eigenvalue weighted by Crippen LogP contribution is 2.35. The van der Waals surface area contributed by atoms with E-state index in [-0.39, 0.29) is 11.9 Å². The van der Waals surface area contributed by atoms with Crippen molar-refractivity contribution in [2.45, 2.75) is 67.2 Å². The lowest BCUT2D eigenvalue weighted by Gasteiger charge is -2.26. The number of allylic oxidation sites excluding steroid dienone is 2. The van der Waals surface area contributed by atoms with Crippen LogP contribution in [-0.2, 0) is 31.9 Å². The summed E-state index contributed by atoms with van der Waals surface area (Å²) in [6.45, 7) is 12.3. The van der Waals surface area contributed by atoms with Crippen LogP contribution in [-0.4, -0.2) is 25.2 Å². The van der Waals surface area contributed by atoms with Crippen molar-refractivity contribution in [2.75, 3.05) is 18.1 Å². The van der Waals surface area contributed by atoms with E-state index in [1.807, 2.05) is 13.8 Å². The minimum absolute atomic E-state index is 0.249. The summed E-state index contributed by atoms with van der Waals surface area (Å²) in [6.07, 6.45) is 6.76. The van der Waals surface area contributed by atoms with Gasteiger partial charge in [0.05, 0.1) is 13.2 Å². The molecule has 41 heavy (non-hydrogen) atoms. The van der Waals surface area contributed by atoms with Gasteiger partial charge in [-0.3, -0.25) is 0 Å². The van der Waals surface area contributed by atoms with Crippen molar-refractivity contribution in [2.24, 2.45) is 0 Å². The number of carbonyl (C=O) groups is 2. The SMILES string of the molecule is C/C=C(\C)C(=O)OCCCc1ccc(N(c2ccc(CCCOC(=O)/C(C)=C/C)cc2)c2ccc(C)c(C)c2)cc1. The van der Waals surface area contributed by atoms with Crippen LogP contribution in [0.5, 0.6) is 0 Å².